The van der Waals surface area contributed by atoms with Gasteiger partial charge in [0.15, 0.2) is 5.82 Å². The first-order chi connectivity index (χ1) is 9.60. The van der Waals surface area contributed by atoms with Gasteiger partial charge in [-0.2, -0.15) is 0 Å². The van der Waals surface area contributed by atoms with Gasteiger partial charge in [0, 0.05) is 18.0 Å². The Balaban J connectivity index is 2.21. The summed E-state index contributed by atoms with van der Waals surface area (Å²) in [6.07, 6.45) is 1.26. The minimum atomic E-state index is -1.06. The van der Waals surface area contributed by atoms with Crippen LogP contribution in [0.3, 0.4) is 0 Å². The van der Waals surface area contributed by atoms with Gasteiger partial charge in [-0.05, 0) is 25.1 Å². The van der Waals surface area contributed by atoms with Crippen LogP contribution in [0.25, 0.3) is 0 Å². The van der Waals surface area contributed by atoms with Crippen molar-refractivity contribution in [1.82, 2.24) is 4.98 Å². The van der Waals surface area contributed by atoms with E-state index < -0.39 is 5.97 Å². The number of benzene rings is 1. The molecule has 6 heteroatoms. The largest absolute Gasteiger partial charge is 0.494 e. The number of carbonyl (C=O) groups is 1. The second-order valence-corrected chi connectivity index (χ2v) is 4.05. The Hall–Kier alpha value is -2.76. The lowest BCUT2D eigenvalue weighted by Crippen LogP contribution is -2.04. The third kappa shape index (κ3) is 3.17. The lowest BCUT2D eigenvalue weighted by Gasteiger charge is -2.10. The third-order valence-electron chi connectivity index (χ3n) is 2.57. The number of nitrogen functional groups attached to an aromatic ring is 1. The van der Waals surface area contributed by atoms with Gasteiger partial charge >= 0.3 is 5.97 Å². The zero-order chi connectivity index (χ0) is 14.5. The lowest BCUT2D eigenvalue weighted by atomic mass is 10.2. The molecule has 2 aromatic rings. The maximum absolute atomic E-state index is 10.8. The number of nitrogens with one attached hydrogen (secondary N) is 1. The highest BCUT2D eigenvalue weighted by Gasteiger charge is 2.08. The van der Waals surface area contributed by atoms with Gasteiger partial charge in [-0.1, -0.05) is 6.07 Å². The van der Waals surface area contributed by atoms with Crippen molar-refractivity contribution in [3.05, 3.63) is 42.1 Å². The topological polar surface area (TPSA) is 97.5 Å². The van der Waals surface area contributed by atoms with E-state index in [1.807, 2.05) is 31.2 Å². The van der Waals surface area contributed by atoms with Crippen LogP contribution >= 0.6 is 0 Å². The summed E-state index contributed by atoms with van der Waals surface area (Å²) < 4.78 is 5.40. The molecular weight excluding hydrogens is 258 g/mol. The van der Waals surface area contributed by atoms with Crippen LogP contribution in [0.1, 0.15) is 17.3 Å². The van der Waals surface area contributed by atoms with Gasteiger partial charge in [0.05, 0.1) is 17.9 Å². The van der Waals surface area contributed by atoms with E-state index in [1.54, 1.807) is 0 Å². The fraction of sp³-hybridized carbons (Fsp3) is 0.143. The number of aromatic carboxylic acids is 1. The Morgan fingerprint density at radius 2 is 2.25 bits per heavy atom. The van der Waals surface area contributed by atoms with Crippen LogP contribution in [0.4, 0.5) is 17.2 Å². The van der Waals surface area contributed by atoms with Gasteiger partial charge in [-0.25, -0.2) is 9.78 Å². The first-order valence-electron chi connectivity index (χ1n) is 6.09. The molecule has 0 saturated heterocycles. The Morgan fingerprint density at radius 3 is 2.90 bits per heavy atom. The van der Waals surface area contributed by atoms with Gasteiger partial charge in [0.25, 0.3) is 0 Å². The molecule has 0 spiro atoms. The summed E-state index contributed by atoms with van der Waals surface area (Å²) in [6.45, 7) is 2.49. The van der Waals surface area contributed by atoms with Gasteiger partial charge in [-0.3, -0.25) is 0 Å². The van der Waals surface area contributed by atoms with Crippen molar-refractivity contribution in [2.45, 2.75) is 6.92 Å². The molecule has 1 aromatic heterocycles. The molecule has 0 bridgehead atoms. The van der Waals surface area contributed by atoms with Crippen molar-refractivity contribution >= 4 is 23.2 Å². The summed E-state index contributed by atoms with van der Waals surface area (Å²) in [5, 5.41) is 11.9. The van der Waals surface area contributed by atoms with E-state index in [9.17, 15) is 4.79 Å². The summed E-state index contributed by atoms with van der Waals surface area (Å²) in [5.74, 6) is 0.0796. The number of ether oxygens (including phenoxy) is 1. The summed E-state index contributed by atoms with van der Waals surface area (Å²) in [6, 6.07) is 8.71. The molecule has 0 saturated carbocycles. The van der Waals surface area contributed by atoms with Crippen LogP contribution in [-0.2, 0) is 0 Å². The lowest BCUT2D eigenvalue weighted by molar-refractivity contribution is 0.0696. The fourth-order valence-corrected chi connectivity index (χ4v) is 1.67. The smallest absolute Gasteiger partial charge is 0.337 e. The van der Waals surface area contributed by atoms with Crippen LogP contribution in [0.2, 0.25) is 0 Å². The molecule has 0 aliphatic heterocycles. The first-order valence-corrected chi connectivity index (χ1v) is 6.09. The van der Waals surface area contributed by atoms with E-state index in [4.69, 9.17) is 15.6 Å². The van der Waals surface area contributed by atoms with Crippen molar-refractivity contribution in [3.8, 4) is 5.75 Å². The van der Waals surface area contributed by atoms with E-state index in [2.05, 4.69) is 10.3 Å². The molecule has 0 unspecified atom stereocenters. The Bertz CT molecular complexity index is 629. The fourth-order valence-electron chi connectivity index (χ4n) is 1.67. The summed E-state index contributed by atoms with van der Waals surface area (Å²) >= 11 is 0. The predicted molar refractivity (Wildman–Crippen MR) is 76.5 cm³/mol. The zero-order valence-corrected chi connectivity index (χ0v) is 11.0. The van der Waals surface area contributed by atoms with Crippen LogP contribution in [0.5, 0.6) is 5.75 Å². The highest BCUT2D eigenvalue weighted by Crippen LogP contribution is 2.24. The summed E-state index contributed by atoms with van der Waals surface area (Å²) in [5.41, 5.74) is 6.87. The first kappa shape index (κ1) is 13.7. The maximum Gasteiger partial charge on any atom is 0.337 e. The molecule has 1 heterocycles. The van der Waals surface area contributed by atoms with E-state index in [0.717, 1.165) is 11.4 Å². The third-order valence-corrected chi connectivity index (χ3v) is 2.57. The molecule has 0 aliphatic carbocycles. The average Bonchev–Trinajstić information content (AvgIpc) is 2.42. The van der Waals surface area contributed by atoms with Crippen LogP contribution in [0.15, 0.2) is 36.5 Å². The number of carboxylic acid groups (broad SMARTS) is 1. The SMILES string of the molecule is CCOc1cccc(Nc2ncc(C(=O)O)cc2N)c1. The number of carboxylic acids is 1. The molecule has 6 nitrogen and oxygen atoms in total. The zero-order valence-electron chi connectivity index (χ0n) is 11.0. The standard InChI is InChI=1S/C14H15N3O3/c1-2-20-11-5-3-4-10(7-11)17-13-12(15)6-9(8-16-13)14(18)19/h3-8H,2,15H2,1H3,(H,16,17)(H,18,19). The van der Waals surface area contributed by atoms with E-state index >= 15 is 0 Å². The molecule has 0 radical (unpaired) electrons. The molecular formula is C14H15N3O3. The van der Waals surface area contributed by atoms with Gasteiger partial charge in [0.1, 0.15) is 5.75 Å². The van der Waals surface area contributed by atoms with Crippen LogP contribution in [-0.4, -0.2) is 22.7 Å². The number of hydrogen-bond acceptors (Lipinski definition) is 5. The van der Waals surface area contributed by atoms with Crippen molar-refractivity contribution < 1.29 is 14.6 Å². The van der Waals surface area contributed by atoms with Crippen molar-refractivity contribution in [2.75, 3.05) is 17.7 Å². The molecule has 0 amide bonds. The minimum absolute atomic E-state index is 0.0520. The van der Waals surface area contributed by atoms with Crippen molar-refractivity contribution in [3.63, 3.8) is 0 Å². The molecule has 1 aromatic carbocycles. The van der Waals surface area contributed by atoms with E-state index in [-0.39, 0.29) is 11.3 Å². The average molecular weight is 273 g/mol. The monoisotopic (exact) mass is 273 g/mol. The minimum Gasteiger partial charge on any atom is -0.494 e. The number of pyridine rings is 1. The number of anilines is 3. The Kier molecular flexibility index (Phi) is 4.05. The molecule has 0 atom stereocenters. The van der Waals surface area contributed by atoms with Crippen LogP contribution < -0.4 is 15.8 Å². The second-order valence-electron chi connectivity index (χ2n) is 4.05. The summed E-state index contributed by atoms with van der Waals surface area (Å²) in [7, 11) is 0. The second kappa shape index (κ2) is 5.92. The number of hydrogen-bond donors (Lipinski definition) is 3. The van der Waals surface area contributed by atoms with Crippen molar-refractivity contribution in [1.29, 1.82) is 0 Å². The van der Waals surface area contributed by atoms with Gasteiger partial charge in [0.2, 0.25) is 0 Å². The van der Waals surface area contributed by atoms with E-state index in [0.29, 0.717) is 12.4 Å². The predicted octanol–water partition coefficient (Wildman–Crippen LogP) is 2.50. The summed E-state index contributed by atoms with van der Waals surface area (Å²) in [4.78, 5) is 14.8. The number of nitrogens with zero attached hydrogens (tertiary/aromatic N) is 1. The highest BCUT2D eigenvalue weighted by molar-refractivity contribution is 5.89. The van der Waals surface area contributed by atoms with Gasteiger partial charge in [-0.15, -0.1) is 0 Å². The normalized spacial score (nSPS) is 10.1. The molecule has 4 N–H and O–H groups in total. The molecule has 0 aliphatic rings. The molecule has 0 fully saturated rings. The van der Waals surface area contributed by atoms with Gasteiger partial charge < -0.3 is 20.9 Å². The maximum atomic E-state index is 10.8. The Labute approximate surface area is 116 Å². The van der Waals surface area contributed by atoms with Crippen LogP contribution in [0, 0.1) is 0 Å². The number of nitrogens with two attached hydrogens (primary N) is 1. The molecule has 104 valence electrons. The Morgan fingerprint density at radius 1 is 1.45 bits per heavy atom. The molecule has 20 heavy (non-hydrogen) atoms. The van der Waals surface area contributed by atoms with E-state index in [1.165, 1.54) is 12.3 Å². The number of aromatic nitrogens is 1. The highest BCUT2D eigenvalue weighted by atomic mass is 16.5. The van der Waals surface area contributed by atoms with Crippen molar-refractivity contribution in [2.24, 2.45) is 0 Å². The number of rotatable bonds is 5. The molecule has 2 rings (SSSR count). The quantitative estimate of drug-likeness (QED) is 0.774.